The van der Waals surface area contributed by atoms with Crippen LogP contribution in [0.1, 0.15) is 16.1 Å². The number of hydrogen-bond acceptors (Lipinski definition) is 6. The molecule has 8 nitrogen and oxygen atoms in total. The molecule has 0 atom stereocenters. The molecule has 29 heavy (non-hydrogen) atoms. The molecular formula is C19H16BrN3O5S. The van der Waals surface area contributed by atoms with Gasteiger partial charge in [-0.15, -0.1) is 0 Å². The van der Waals surface area contributed by atoms with E-state index in [0.717, 1.165) is 4.47 Å². The summed E-state index contributed by atoms with van der Waals surface area (Å²) in [5.74, 6) is 0.887. The fraction of sp³-hybridized carbons (Fsp3) is 0.0526. The second-order valence-electron chi connectivity index (χ2n) is 5.82. The van der Waals surface area contributed by atoms with Crippen LogP contribution in [-0.2, 0) is 10.0 Å². The van der Waals surface area contributed by atoms with Crippen molar-refractivity contribution < 1.29 is 22.4 Å². The molecule has 0 aliphatic heterocycles. The molecule has 3 rings (SSSR count). The molecule has 1 aromatic heterocycles. The summed E-state index contributed by atoms with van der Waals surface area (Å²) in [7, 11) is -2.28. The molecule has 0 aliphatic carbocycles. The monoisotopic (exact) mass is 477 g/mol. The average Bonchev–Trinajstić information content (AvgIpc) is 3.16. The number of amides is 1. The number of nitrogens with two attached hydrogens (primary N) is 1. The first-order valence-corrected chi connectivity index (χ1v) is 10.5. The molecule has 1 heterocycles. The Morgan fingerprint density at radius 3 is 2.55 bits per heavy atom. The number of primary sulfonamides is 1. The van der Waals surface area contributed by atoms with Crippen LogP contribution in [0.4, 0.5) is 0 Å². The average molecular weight is 478 g/mol. The van der Waals surface area contributed by atoms with Crippen molar-refractivity contribution in [1.82, 2.24) is 5.43 Å². The summed E-state index contributed by atoms with van der Waals surface area (Å²) in [6, 6.07) is 14.4. The van der Waals surface area contributed by atoms with Gasteiger partial charge in [0.2, 0.25) is 10.0 Å². The minimum absolute atomic E-state index is 0.0141. The Morgan fingerprint density at radius 1 is 1.17 bits per heavy atom. The summed E-state index contributed by atoms with van der Waals surface area (Å²) in [4.78, 5) is 12.3. The summed E-state index contributed by atoms with van der Waals surface area (Å²) < 4.78 is 34.2. The zero-order chi connectivity index (χ0) is 21.0. The fourth-order valence-electron chi connectivity index (χ4n) is 2.46. The number of halogens is 1. The molecule has 0 fully saturated rings. The molecule has 0 bridgehead atoms. The molecule has 10 heteroatoms. The largest absolute Gasteiger partial charge is 0.496 e. The molecular weight excluding hydrogens is 462 g/mol. The lowest BCUT2D eigenvalue weighted by molar-refractivity contribution is 0.0952. The number of hydrazone groups is 1. The zero-order valence-electron chi connectivity index (χ0n) is 15.1. The van der Waals surface area contributed by atoms with Gasteiger partial charge < -0.3 is 9.15 Å². The number of furan rings is 1. The predicted molar refractivity (Wildman–Crippen MR) is 111 cm³/mol. The van der Waals surface area contributed by atoms with Gasteiger partial charge in [-0.3, -0.25) is 4.79 Å². The molecule has 2 aromatic carbocycles. The topological polar surface area (TPSA) is 124 Å². The Balaban J connectivity index is 1.69. The minimum atomic E-state index is -3.75. The second-order valence-corrected chi connectivity index (χ2v) is 8.29. The lowest BCUT2D eigenvalue weighted by Crippen LogP contribution is -2.18. The van der Waals surface area contributed by atoms with Crippen molar-refractivity contribution in [3.63, 3.8) is 0 Å². The third kappa shape index (κ3) is 5.11. The van der Waals surface area contributed by atoms with Gasteiger partial charge in [-0.2, -0.15) is 5.10 Å². The Kier molecular flexibility index (Phi) is 6.16. The minimum Gasteiger partial charge on any atom is -0.496 e. The maximum atomic E-state index is 12.3. The zero-order valence-corrected chi connectivity index (χ0v) is 17.5. The Labute approximate surface area is 175 Å². The van der Waals surface area contributed by atoms with Gasteiger partial charge in [0.05, 0.1) is 23.8 Å². The molecule has 0 radical (unpaired) electrons. The third-order valence-corrected chi connectivity index (χ3v) is 5.28. The van der Waals surface area contributed by atoms with Crippen molar-refractivity contribution in [2.24, 2.45) is 10.2 Å². The first-order chi connectivity index (χ1) is 13.8. The standard InChI is InChI=1S/C19H16BrN3O5S/c1-27-18-8-4-13(20)10-16(18)19(24)23-22-11-14-5-9-17(28-14)12-2-6-15(7-3-12)29(21,25)26/h2-11H,1H3,(H,23,24)(H2,21,25,26)/b22-11-. The number of ether oxygens (including phenoxy) is 1. The van der Waals surface area contributed by atoms with Crippen molar-refractivity contribution >= 4 is 38.1 Å². The fourth-order valence-corrected chi connectivity index (χ4v) is 3.34. The molecule has 3 N–H and O–H groups in total. The van der Waals surface area contributed by atoms with Crippen molar-refractivity contribution in [2.45, 2.75) is 4.90 Å². The highest BCUT2D eigenvalue weighted by Gasteiger charge is 2.12. The normalized spacial score (nSPS) is 11.6. The molecule has 0 saturated heterocycles. The van der Waals surface area contributed by atoms with Crippen molar-refractivity contribution in [3.05, 3.63) is 70.4 Å². The van der Waals surface area contributed by atoms with Crippen LogP contribution >= 0.6 is 15.9 Å². The first-order valence-electron chi connectivity index (χ1n) is 8.18. The summed E-state index contributed by atoms with van der Waals surface area (Å²) in [6.45, 7) is 0. The van der Waals surface area contributed by atoms with Gasteiger partial charge in [-0.1, -0.05) is 15.9 Å². The van der Waals surface area contributed by atoms with Gasteiger partial charge in [0.25, 0.3) is 5.91 Å². The van der Waals surface area contributed by atoms with Crippen LogP contribution in [0.5, 0.6) is 5.75 Å². The molecule has 1 amide bonds. The van der Waals surface area contributed by atoms with Crippen LogP contribution in [0.3, 0.4) is 0 Å². The van der Waals surface area contributed by atoms with Gasteiger partial charge in [-0.05, 0) is 54.6 Å². The second kappa shape index (κ2) is 8.60. The number of benzene rings is 2. The summed E-state index contributed by atoms with van der Waals surface area (Å²) in [6.07, 6.45) is 1.35. The predicted octanol–water partition coefficient (Wildman–Crippen LogP) is 3.13. The Hall–Kier alpha value is -2.95. The molecule has 3 aromatic rings. The van der Waals surface area contributed by atoms with Crippen molar-refractivity contribution in [2.75, 3.05) is 7.11 Å². The van der Waals surface area contributed by atoms with E-state index in [1.54, 1.807) is 42.5 Å². The van der Waals surface area contributed by atoms with E-state index in [2.05, 4.69) is 26.5 Å². The van der Waals surface area contributed by atoms with E-state index in [1.807, 2.05) is 0 Å². The van der Waals surface area contributed by atoms with E-state index in [9.17, 15) is 13.2 Å². The van der Waals surface area contributed by atoms with Gasteiger partial charge in [-0.25, -0.2) is 19.0 Å². The Morgan fingerprint density at radius 2 is 1.90 bits per heavy atom. The van der Waals surface area contributed by atoms with Crippen LogP contribution in [0.2, 0.25) is 0 Å². The molecule has 0 spiro atoms. The van der Waals surface area contributed by atoms with Gasteiger partial charge in [0.15, 0.2) is 0 Å². The van der Waals surface area contributed by atoms with E-state index < -0.39 is 15.9 Å². The SMILES string of the molecule is COc1ccc(Br)cc1C(=O)N/N=C\c1ccc(-c2ccc(S(N)(=O)=O)cc2)o1. The molecule has 0 saturated carbocycles. The number of carbonyl (C=O) groups excluding carboxylic acids is 1. The first kappa shape index (κ1) is 20.8. The maximum absolute atomic E-state index is 12.3. The van der Waals surface area contributed by atoms with E-state index >= 15 is 0 Å². The van der Waals surface area contributed by atoms with Crippen LogP contribution in [-0.4, -0.2) is 27.6 Å². The molecule has 150 valence electrons. The van der Waals surface area contributed by atoms with E-state index in [-0.39, 0.29) is 4.90 Å². The van der Waals surface area contributed by atoms with Gasteiger partial charge in [0, 0.05) is 10.0 Å². The van der Waals surface area contributed by atoms with E-state index in [1.165, 1.54) is 25.5 Å². The van der Waals surface area contributed by atoms with Gasteiger partial charge >= 0.3 is 0 Å². The lowest BCUT2D eigenvalue weighted by atomic mass is 10.2. The van der Waals surface area contributed by atoms with Crippen LogP contribution in [0.25, 0.3) is 11.3 Å². The smallest absolute Gasteiger partial charge is 0.275 e. The van der Waals surface area contributed by atoms with Crippen LogP contribution < -0.4 is 15.3 Å². The highest BCUT2D eigenvalue weighted by atomic mass is 79.9. The number of methoxy groups -OCH3 is 1. The Bertz CT molecular complexity index is 1170. The van der Waals surface area contributed by atoms with Gasteiger partial charge in [0.1, 0.15) is 17.3 Å². The van der Waals surface area contributed by atoms with Crippen LogP contribution in [0.15, 0.2) is 73.5 Å². The summed E-state index contributed by atoms with van der Waals surface area (Å²) >= 11 is 3.31. The molecule has 0 unspecified atom stereocenters. The number of hydrogen-bond donors (Lipinski definition) is 2. The maximum Gasteiger partial charge on any atom is 0.275 e. The number of sulfonamides is 1. The van der Waals surface area contributed by atoms with Crippen LogP contribution in [0, 0.1) is 0 Å². The number of nitrogens with zero attached hydrogens (tertiary/aromatic N) is 1. The van der Waals surface area contributed by atoms with Crippen molar-refractivity contribution in [1.29, 1.82) is 0 Å². The number of nitrogens with one attached hydrogen (secondary N) is 1. The lowest BCUT2D eigenvalue weighted by Gasteiger charge is -2.07. The number of rotatable bonds is 6. The highest BCUT2D eigenvalue weighted by Crippen LogP contribution is 2.24. The third-order valence-electron chi connectivity index (χ3n) is 3.86. The molecule has 0 aliphatic rings. The summed E-state index contributed by atoms with van der Waals surface area (Å²) in [5.41, 5.74) is 3.41. The number of carbonyl (C=O) groups is 1. The quantitative estimate of drug-likeness (QED) is 0.416. The summed E-state index contributed by atoms with van der Waals surface area (Å²) in [5, 5.41) is 8.98. The van der Waals surface area contributed by atoms with E-state index in [0.29, 0.717) is 28.4 Å². The highest BCUT2D eigenvalue weighted by molar-refractivity contribution is 9.10. The van der Waals surface area contributed by atoms with Crippen molar-refractivity contribution in [3.8, 4) is 17.1 Å². The van der Waals surface area contributed by atoms with E-state index in [4.69, 9.17) is 14.3 Å².